The molecule has 1 aliphatic rings. The van der Waals surface area contributed by atoms with E-state index in [1.165, 1.54) is 0 Å². The number of aryl methyl sites for hydroxylation is 1. The molecule has 3 heterocycles. The van der Waals surface area contributed by atoms with E-state index in [-0.39, 0.29) is 0 Å². The molecule has 7 nitrogen and oxygen atoms in total. The van der Waals surface area contributed by atoms with E-state index in [0.29, 0.717) is 42.5 Å². The maximum atomic E-state index is 12.8. The molecule has 0 aliphatic carbocycles. The van der Waals surface area contributed by atoms with Crippen molar-refractivity contribution in [2.24, 2.45) is 0 Å². The largest absolute Gasteiger partial charge is 0.282 e. The highest BCUT2D eigenvalue weighted by Gasteiger charge is 2.28. The highest BCUT2D eigenvalue weighted by Crippen LogP contribution is 2.18. The summed E-state index contributed by atoms with van der Waals surface area (Å²) in [5.41, 5.74) is 1.85. The van der Waals surface area contributed by atoms with Gasteiger partial charge in [-0.3, -0.25) is 9.30 Å². The molecule has 0 spiro atoms. The number of sulfonamides is 1. The summed E-state index contributed by atoms with van der Waals surface area (Å²) in [5, 5.41) is 4.53. The molecule has 1 aromatic carbocycles. The monoisotopic (exact) mass is 403 g/mol. The zero-order valence-corrected chi connectivity index (χ0v) is 16.7. The minimum absolute atomic E-state index is 0.351. The van der Waals surface area contributed by atoms with Crippen LogP contribution in [0, 0.1) is 11.7 Å². The summed E-state index contributed by atoms with van der Waals surface area (Å²) in [6, 6.07) is 12.8. The smallest absolute Gasteiger partial charge is 0.243 e. The minimum Gasteiger partial charge on any atom is -0.282 e. The Balaban J connectivity index is 1.45. The van der Waals surface area contributed by atoms with Crippen LogP contribution in [0.3, 0.4) is 0 Å². The summed E-state index contributed by atoms with van der Waals surface area (Å²) in [7, 11) is -3.44. The van der Waals surface area contributed by atoms with E-state index in [1.807, 2.05) is 47.9 Å². The number of rotatable bonds is 4. The third kappa shape index (κ3) is 3.55. The Hall–Kier alpha value is -2.07. The lowest BCUT2D eigenvalue weighted by Gasteiger charge is -2.33. The van der Waals surface area contributed by atoms with Crippen molar-refractivity contribution in [3.05, 3.63) is 59.0 Å². The fraction of sp³-hybridized carbons (Fsp3) is 0.333. The SMILES string of the molecule is Cc1ccc(S(=O)(=O)N2CCN(Cn3nc4ccccn4c3=S)CC2)cc1. The Labute approximate surface area is 163 Å². The van der Waals surface area contributed by atoms with Crippen LogP contribution < -0.4 is 0 Å². The van der Waals surface area contributed by atoms with Crippen LogP contribution in [0.4, 0.5) is 0 Å². The molecular weight excluding hydrogens is 382 g/mol. The fourth-order valence-electron chi connectivity index (χ4n) is 3.22. The van der Waals surface area contributed by atoms with E-state index < -0.39 is 10.0 Å². The first-order chi connectivity index (χ1) is 12.9. The summed E-state index contributed by atoms with van der Waals surface area (Å²) < 4.78 is 31.5. The van der Waals surface area contributed by atoms with Gasteiger partial charge in [0.1, 0.15) is 0 Å². The van der Waals surface area contributed by atoms with Gasteiger partial charge >= 0.3 is 0 Å². The second-order valence-electron chi connectivity index (χ2n) is 6.69. The van der Waals surface area contributed by atoms with Crippen LogP contribution in [0.1, 0.15) is 5.56 Å². The van der Waals surface area contributed by atoms with Crippen LogP contribution in [0.5, 0.6) is 0 Å². The van der Waals surface area contributed by atoms with Crippen LogP contribution in [-0.2, 0) is 16.7 Å². The molecule has 1 saturated heterocycles. The molecule has 0 N–H and O–H groups in total. The van der Waals surface area contributed by atoms with Crippen molar-refractivity contribution in [3.8, 4) is 0 Å². The lowest BCUT2D eigenvalue weighted by Crippen LogP contribution is -2.48. The molecule has 0 bridgehead atoms. The molecule has 0 saturated carbocycles. The molecule has 9 heteroatoms. The van der Waals surface area contributed by atoms with Crippen molar-refractivity contribution < 1.29 is 8.42 Å². The standard InChI is InChI=1S/C18H21N5O2S2/c1-15-5-7-16(8-6-15)27(24,25)21-12-10-20(11-13-21)14-23-18(26)22-9-3-2-4-17(22)19-23/h2-9H,10-14H2,1H3. The second kappa shape index (κ2) is 7.16. The highest BCUT2D eigenvalue weighted by atomic mass is 32.2. The van der Waals surface area contributed by atoms with Gasteiger partial charge in [-0.2, -0.15) is 9.40 Å². The summed E-state index contributed by atoms with van der Waals surface area (Å²) in [6.45, 7) is 4.69. The first-order valence-corrected chi connectivity index (χ1v) is 10.6. The molecular formula is C18H21N5O2S2. The van der Waals surface area contributed by atoms with Crippen LogP contribution >= 0.6 is 12.2 Å². The number of nitrogens with zero attached hydrogens (tertiary/aromatic N) is 5. The third-order valence-electron chi connectivity index (χ3n) is 4.81. The van der Waals surface area contributed by atoms with Gasteiger partial charge in [-0.1, -0.05) is 23.8 Å². The van der Waals surface area contributed by atoms with Crippen molar-refractivity contribution in [2.75, 3.05) is 26.2 Å². The Morgan fingerprint density at radius 1 is 1.04 bits per heavy atom. The first kappa shape index (κ1) is 18.3. The van der Waals surface area contributed by atoms with E-state index in [2.05, 4.69) is 10.00 Å². The Morgan fingerprint density at radius 2 is 1.74 bits per heavy atom. The lowest BCUT2D eigenvalue weighted by atomic mass is 10.2. The summed E-state index contributed by atoms with van der Waals surface area (Å²) in [5.74, 6) is 0. The van der Waals surface area contributed by atoms with Crippen LogP contribution in [0.15, 0.2) is 53.6 Å². The van der Waals surface area contributed by atoms with Gasteiger partial charge in [0.25, 0.3) is 0 Å². The van der Waals surface area contributed by atoms with Crippen LogP contribution in [0.25, 0.3) is 5.65 Å². The predicted molar refractivity (Wildman–Crippen MR) is 106 cm³/mol. The maximum absolute atomic E-state index is 12.8. The minimum atomic E-state index is -3.44. The van der Waals surface area contributed by atoms with Gasteiger partial charge in [0, 0.05) is 32.4 Å². The van der Waals surface area contributed by atoms with Gasteiger partial charge in [-0.25, -0.2) is 13.1 Å². The van der Waals surface area contributed by atoms with Crippen molar-refractivity contribution in [2.45, 2.75) is 18.5 Å². The third-order valence-corrected chi connectivity index (χ3v) is 7.13. The summed E-state index contributed by atoms with van der Waals surface area (Å²) in [6.07, 6.45) is 1.90. The van der Waals surface area contributed by atoms with Crippen molar-refractivity contribution in [1.29, 1.82) is 0 Å². The topological polar surface area (TPSA) is 62.9 Å². The summed E-state index contributed by atoms with van der Waals surface area (Å²) >= 11 is 5.48. The van der Waals surface area contributed by atoms with Gasteiger partial charge in [0.05, 0.1) is 11.6 Å². The van der Waals surface area contributed by atoms with E-state index in [0.717, 1.165) is 11.2 Å². The van der Waals surface area contributed by atoms with Crippen molar-refractivity contribution in [3.63, 3.8) is 0 Å². The van der Waals surface area contributed by atoms with Gasteiger partial charge < -0.3 is 0 Å². The molecule has 1 fully saturated rings. The van der Waals surface area contributed by atoms with Crippen molar-refractivity contribution >= 4 is 27.9 Å². The predicted octanol–water partition coefficient (Wildman–Crippen LogP) is 2.14. The number of benzene rings is 1. The number of hydrogen-bond donors (Lipinski definition) is 0. The lowest BCUT2D eigenvalue weighted by molar-refractivity contribution is 0.145. The normalized spacial score (nSPS) is 16.8. The van der Waals surface area contributed by atoms with Gasteiger partial charge in [0.15, 0.2) is 5.65 Å². The molecule has 0 radical (unpaired) electrons. The van der Waals surface area contributed by atoms with E-state index >= 15 is 0 Å². The fourth-order valence-corrected chi connectivity index (χ4v) is 4.90. The van der Waals surface area contributed by atoms with Crippen LogP contribution in [0.2, 0.25) is 0 Å². The molecule has 1 aliphatic heterocycles. The molecule has 0 atom stereocenters. The average molecular weight is 404 g/mol. The Kier molecular flexibility index (Phi) is 4.85. The number of piperazine rings is 1. The molecule has 3 aromatic rings. The number of hydrogen-bond acceptors (Lipinski definition) is 5. The first-order valence-electron chi connectivity index (χ1n) is 8.78. The highest BCUT2D eigenvalue weighted by molar-refractivity contribution is 7.89. The zero-order chi connectivity index (χ0) is 19.0. The second-order valence-corrected chi connectivity index (χ2v) is 8.99. The van der Waals surface area contributed by atoms with Gasteiger partial charge in [-0.15, -0.1) is 0 Å². The number of pyridine rings is 1. The van der Waals surface area contributed by atoms with E-state index in [9.17, 15) is 8.42 Å². The van der Waals surface area contributed by atoms with Gasteiger partial charge in [-0.05, 0) is 43.4 Å². The maximum Gasteiger partial charge on any atom is 0.243 e. The van der Waals surface area contributed by atoms with Crippen LogP contribution in [-0.4, -0.2) is 58.0 Å². The molecule has 27 heavy (non-hydrogen) atoms. The quantitative estimate of drug-likeness (QED) is 0.625. The Morgan fingerprint density at radius 3 is 2.41 bits per heavy atom. The molecule has 0 unspecified atom stereocenters. The van der Waals surface area contributed by atoms with E-state index in [4.69, 9.17) is 12.2 Å². The number of fused-ring (bicyclic) bond motifs is 1. The molecule has 142 valence electrons. The van der Waals surface area contributed by atoms with E-state index in [1.54, 1.807) is 21.1 Å². The molecule has 4 rings (SSSR count). The number of aromatic nitrogens is 3. The Bertz CT molecular complexity index is 1110. The van der Waals surface area contributed by atoms with Gasteiger partial charge in [0.2, 0.25) is 14.8 Å². The zero-order valence-electron chi connectivity index (χ0n) is 15.0. The summed E-state index contributed by atoms with van der Waals surface area (Å²) in [4.78, 5) is 2.52. The molecule has 2 aromatic heterocycles. The average Bonchev–Trinajstić information content (AvgIpc) is 2.98. The van der Waals surface area contributed by atoms with Crippen molar-refractivity contribution in [1.82, 2.24) is 23.4 Å². The molecule has 0 amide bonds.